The lowest BCUT2D eigenvalue weighted by Crippen LogP contribution is -2.26. The van der Waals surface area contributed by atoms with Crippen molar-refractivity contribution >= 4 is 28.9 Å². The summed E-state index contributed by atoms with van der Waals surface area (Å²) >= 11 is 0. The third-order valence-electron chi connectivity index (χ3n) is 2.94. The Labute approximate surface area is 128 Å². The van der Waals surface area contributed by atoms with E-state index in [1.807, 2.05) is 45.0 Å². The van der Waals surface area contributed by atoms with Gasteiger partial charge in [0, 0.05) is 28.7 Å². The number of carboxylic acid groups (broad SMARTS) is 1. The Morgan fingerprint density at radius 2 is 1.95 bits per heavy atom. The van der Waals surface area contributed by atoms with Crippen LogP contribution in [0, 0.1) is 0 Å². The van der Waals surface area contributed by atoms with Gasteiger partial charge in [-0.2, -0.15) is 0 Å². The molecular weight excluding hydrogens is 282 g/mol. The first kappa shape index (κ1) is 15.8. The van der Waals surface area contributed by atoms with Crippen LogP contribution < -0.4 is 0 Å². The number of aliphatic carboxylic acids is 1. The number of aromatic nitrogens is 1. The molecule has 1 N–H and O–H groups in total. The number of esters is 1. The molecule has 5 nitrogen and oxygen atoms in total. The molecule has 0 radical (unpaired) electrons. The van der Waals surface area contributed by atoms with Crippen LogP contribution in [-0.2, 0) is 20.9 Å². The summed E-state index contributed by atoms with van der Waals surface area (Å²) in [6, 6.07) is 7.52. The van der Waals surface area contributed by atoms with Gasteiger partial charge in [0.25, 0.3) is 0 Å². The first-order valence-electron chi connectivity index (χ1n) is 6.97. The highest BCUT2D eigenvalue weighted by atomic mass is 16.6. The number of carbonyl (C=O) groups is 2. The van der Waals surface area contributed by atoms with Crippen LogP contribution >= 0.6 is 0 Å². The van der Waals surface area contributed by atoms with Gasteiger partial charge in [-0.3, -0.25) is 4.79 Å². The van der Waals surface area contributed by atoms with E-state index in [0.29, 0.717) is 0 Å². The number of carboxylic acids is 1. The summed E-state index contributed by atoms with van der Waals surface area (Å²) in [5.74, 6) is -1.34. The quantitative estimate of drug-likeness (QED) is 0.696. The number of hydrogen-bond acceptors (Lipinski definition) is 3. The molecule has 0 saturated carbocycles. The average molecular weight is 301 g/mol. The van der Waals surface area contributed by atoms with Crippen LogP contribution in [0.25, 0.3) is 17.0 Å². The minimum Gasteiger partial charge on any atom is -0.478 e. The highest BCUT2D eigenvalue weighted by Crippen LogP contribution is 2.23. The maximum atomic E-state index is 12.0. The SMILES string of the molecule is CC(C)(C)OC(=O)Cn1cc(C=CC(=O)O)c2ccccc21. The molecule has 0 atom stereocenters. The highest BCUT2D eigenvalue weighted by molar-refractivity contribution is 5.94. The van der Waals surface area contributed by atoms with Gasteiger partial charge in [0.15, 0.2) is 0 Å². The second-order valence-corrected chi connectivity index (χ2v) is 5.99. The molecule has 0 bridgehead atoms. The summed E-state index contributed by atoms with van der Waals surface area (Å²) in [4.78, 5) is 22.7. The maximum absolute atomic E-state index is 12.0. The summed E-state index contributed by atoms with van der Waals surface area (Å²) in [7, 11) is 0. The zero-order chi connectivity index (χ0) is 16.3. The van der Waals surface area contributed by atoms with Crippen LogP contribution in [0.15, 0.2) is 36.5 Å². The number of hydrogen-bond donors (Lipinski definition) is 1. The van der Waals surface area contributed by atoms with E-state index in [1.54, 1.807) is 10.8 Å². The van der Waals surface area contributed by atoms with E-state index in [0.717, 1.165) is 22.5 Å². The molecule has 2 rings (SSSR count). The minimum atomic E-state index is -1.01. The van der Waals surface area contributed by atoms with E-state index in [9.17, 15) is 9.59 Å². The minimum absolute atomic E-state index is 0.0820. The molecule has 0 unspecified atom stereocenters. The molecule has 0 spiro atoms. The van der Waals surface area contributed by atoms with Crippen molar-refractivity contribution in [3.63, 3.8) is 0 Å². The van der Waals surface area contributed by atoms with Crippen molar-refractivity contribution in [2.75, 3.05) is 0 Å². The molecule has 116 valence electrons. The van der Waals surface area contributed by atoms with Gasteiger partial charge in [-0.05, 0) is 32.9 Å². The fourth-order valence-corrected chi connectivity index (χ4v) is 2.21. The number of rotatable bonds is 4. The van der Waals surface area contributed by atoms with Gasteiger partial charge < -0.3 is 14.4 Å². The van der Waals surface area contributed by atoms with Crippen molar-refractivity contribution in [1.29, 1.82) is 0 Å². The second-order valence-electron chi connectivity index (χ2n) is 5.99. The van der Waals surface area contributed by atoms with Gasteiger partial charge in [-0.15, -0.1) is 0 Å². The smallest absolute Gasteiger partial charge is 0.328 e. The Hall–Kier alpha value is -2.56. The number of nitrogens with zero attached hydrogens (tertiary/aromatic N) is 1. The van der Waals surface area contributed by atoms with Crippen molar-refractivity contribution in [2.45, 2.75) is 32.9 Å². The molecule has 0 amide bonds. The first-order valence-corrected chi connectivity index (χ1v) is 6.97. The third kappa shape index (κ3) is 3.97. The van der Waals surface area contributed by atoms with Crippen molar-refractivity contribution in [1.82, 2.24) is 4.57 Å². The van der Waals surface area contributed by atoms with Gasteiger partial charge in [0.05, 0.1) is 0 Å². The number of fused-ring (bicyclic) bond motifs is 1. The summed E-state index contributed by atoms with van der Waals surface area (Å²) < 4.78 is 7.09. The van der Waals surface area contributed by atoms with E-state index in [4.69, 9.17) is 9.84 Å². The van der Waals surface area contributed by atoms with Crippen LogP contribution in [0.5, 0.6) is 0 Å². The Kier molecular flexibility index (Phi) is 4.35. The average Bonchev–Trinajstić information content (AvgIpc) is 2.73. The van der Waals surface area contributed by atoms with Crippen LogP contribution in [0.2, 0.25) is 0 Å². The molecule has 2 aromatic rings. The first-order chi connectivity index (χ1) is 10.3. The van der Waals surface area contributed by atoms with Crippen molar-refractivity contribution in [3.8, 4) is 0 Å². The fourth-order valence-electron chi connectivity index (χ4n) is 2.21. The Morgan fingerprint density at radius 1 is 1.27 bits per heavy atom. The van der Waals surface area contributed by atoms with E-state index in [-0.39, 0.29) is 12.5 Å². The fraction of sp³-hybridized carbons (Fsp3) is 0.294. The molecule has 0 aliphatic rings. The molecule has 0 aliphatic carbocycles. The van der Waals surface area contributed by atoms with E-state index < -0.39 is 11.6 Å². The van der Waals surface area contributed by atoms with E-state index in [2.05, 4.69) is 0 Å². The summed E-state index contributed by atoms with van der Waals surface area (Å²) in [5.41, 5.74) is 1.08. The van der Waals surface area contributed by atoms with Gasteiger partial charge in [0.2, 0.25) is 0 Å². The predicted octanol–water partition coefficient (Wildman–Crippen LogP) is 3.08. The van der Waals surface area contributed by atoms with Crippen LogP contribution in [0.1, 0.15) is 26.3 Å². The highest BCUT2D eigenvalue weighted by Gasteiger charge is 2.17. The lowest BCUT2D eigenvalue weighted by molar-refractivity contribution is -0.155. The largest absolute Gasteiger partial charge is 0.478 e. The van der Waals surface area contributed by atoms with Gasteiger partial charge in [0.1, 0.15) is 12.1 Å². The summed E-state index contributed by atoms with van der Waals surface area (Å²) in [6.07, 6.45) is 4.36. The van der Waals surface area contributed by atoms with Gasteiger partial charge >= 0.3 is 11.9 Å². The molecule has 5 heteroatoms. The Morgan fingerprint density at radius 3 is 2.59 bits per heavy atom. The third-order valence-corrected chi connectivity index (χ3v) is 2.94. The number of benzene rings is 1. The van der Waals surface area contributed by atoms with Crippen molar-refractivity contribution in [2.24, 2.45) is 0 Å². The molecule has 0 fully saturated rings. The van der Waals surface area contributed by atoms with Crippen molar-refractivity contribution in [3.05, 3.63) is 42.1 Å². The Balaban J connectivity index is 2.34. The molecule has 1 heterocycles. The number of carbonyl (C=O) groups excluding carboxylic acids is 1. The molecule has 0 saturated heterocycles. The topological polar surface area (TPSA) is 68.5 Å². The summed E-state index contributed by atoms with van der Waals surface area (Å²) in [6.45, 7) is 5.54. The van der Waals surface area contributed by atoms with Crippen molar-refractivity contribution < 1.29 is 19.4 Å². The standard InChI is InChI=1S/C17H19NO4/c1-17(2,3)22-16(21)11-18-10-12(8-9-15(19)20)13-6-4-5-7-14(13)18/h4-10H,11H2,1-3H3,(H,19,20). The number of ether oxygens (including phenoxy) is 1. The molecule has 1 aromatic carbocycles. The van der Waals surface area contributed by atoms with Crippen LogP contribution in [-0.4, -0.2) is 27.2 Å². The van der Waals surface area contributed by atoms with E-state index >= 15 is 0 Å². The monoisotopic (exact) mass is 301 g/mol. The molecule has 1 aromatic heterocycles. The predicted molar refractivity (Wildman–Crippen MR) is 84.5 cm³/mol. The summed E-state index contributed by atoms with van der Waals surface area (Å²) in [5, 5.41) is 9.65. The second kappa shape index (κ2) is 6.05. The normalized spacial score (nSPS) is 12.0. The lowest BCUT2D eigenvalue weighted by Gasteiger charge is -2.19. The van der Waals surface area contributed by atoms with Crippen LogP contribution in [0.3, 0.4) is 0 Å². The van der Waals surface area contributed by atoms with Crippen LogP contribution in [0.4, 0.5) is 0 Å². The molecule has 0 aliphatic heterocycles. The molecule has 22 heavy (non-hydrogen) atoms. The van der Waals surface area contributed by atoms with Gasteiger partial charge in [-0.1, -0.05) is 18.2 Å². The van der Waals surface area contributed by atoms with Gasteiger partial charge in [-0.25, -0.2) is 4.79 Å². The number of para-hydroxylation sites is 1. The molecular formula is C17H19NO4. The van der Waals surface area contributed by atoms with E-state index in [1.165, 1.54) is 6.08 Å². The maximum Gasteiger partial charge on any atom is 0.328 e. The zero-order valence-electron chi connectivity index (χ0n) is 12.9. The Bertz CT molecular complexity index is 735. The zero-order valence-corrected chi connectivity index (χ0v) is 12.9. The lowest BCUT2D eigenvalue weighted by atomic mass is 10.1.